The smallest absolute Gasteiger partial charge is 0.329 e. The summed E-state index contributed by atoms with van der Waals surface area (Å²) in [6, 6.07) is 0.293. The molecule has 3 atom stereocenters. The molecule has 0 saturated carbocycles. The third kappa shape index (κ3) is 5.34. The largest absolute Gasteiger partial charge is 0.481 e. The van der Waals surface area contributed by atoms with Crippen LogP contribution in [0.3, 0.4) is 0 Å². The number of hydrazine groups is 1. The topological polar surface area (TPSA) is 90.9 Å². The lowest BCUT2D eigenvalue weighted by Crippen LogP contribution is -2.57. The van der Waals surface area contributed by atoms with E-state index >= 15 is 0 Å². The molecule has 0 radical (unpaired) electrons. The number of aliphatic carboxylic acids is 1. The van der Waals surface area contributed by atoms with Gasteiger partial charge in [0.15, 0.2) is 0 Å². The van der Waals surface area contributed by atoms with Crippen LogP contribution in [-0.2, 0) is 9.53 Å². The molecule has 0 bridgehead atoms. The number of amides is 2. The standard InChI is InChI=1S/C13H25N3O4/c1-9-5-4-6-10(2)16(9)15-13(19)14-8-11(20-3)7-12(17)18/h9-11H,4-8H2,1-3H3,(H,17,18)(H2,14,15,19). The van der Waals surface area contributed by atoms with Crippen molar-refractivity contribution in [1.82, 2.24) is 15.8 Å². The molecule has 1 aliphatic heterocycles. The molecule has 7 nitrogen and oxygen atoms in total. The lowest BCUT2D eigenvalue weighted by Gasteiger charge is -2.38. The van der Waals surface area contributed by atoms with E-state index in [0.717, 1.165) is 12.8 Å². The molecular weight excluding hydrogens is 262 g/mol. The summed E-state index contributed by atoms with van der Waals surface area (Å²) in [5.74, 6) is -0.947. The van der Waals surface area contributed by atoms with Gasteiger partial charge in [-0.2, -0.15) is 0 Å². The predicted molar refractivity (Wildman–Crippen MR) is 74.2 cm³/mol. The average molecular weight is 287 g/mol. The third-order valence-electron chi connectivity index (χ3n) is 3.65. The van der Waals surface area contributed by atoms with E-state index in [-0.39, 0.29) is 19.0 Å². The van der Waals surface area contributed by atoms with Crippen LogP contribution in [0, 0.1) is 0 Å². The van der Waals surface area contributed by atoms with Crippen molar-refractivity contribution in [3.05, 3.63) is 0 Å². The number of hydrogen-bond donors (Lipinski definition) is 3. The van der Waals surface area contributed by atoms with Crippen molar-refractivity contribution < 1.29 is 19.4 Å². The average Bonchev–Trinajstić information content (AvgIpc) is 2.38. The quantitative estimate of drug-likeness (QED) is 0.676. The highest BCUT2D eigenvalue weighted by molar-refractivity contribution is 5.73. The number of rotatable bonds is 6. The Morgan fingerprint density at radius 2 is 1.95 bits per heavy atom. The number of carboxylic acid groups (broad SMARTS) is 1. The molecule has 1 rings (SSSR count). The number of ether oxygens (including phenoxy) is 1. The molecule has 0 aliphatic carbocycles. The highest BCUT2D eigenvalue weighted by Gasteiger charge is 2.26. The molecule has 2 amide bonds. The van der Waals surface area contributed by atoms with Crippen LogP contribution in [0.15, 0.2) is 0 Å². The highest BCUT2D eigenvalue weighted by Crippen LogP contribution is 2.19. The Morgan fingerprint density at radius 1 is 1.35 bits per heavy atom. The van der Waals surface area contributed by atoms with Gasteiger partial charge in [0.1, 0.15) is 0 Å². The Kier molecular flexibility index (Phi) is 6.74. The van der Waals surface area contributed by atoms with Crippen LogP contribution in [0.4, 0.5) is 4.79 Å². The van der Waals surface area contributed by atoms with Crippen LogP contribution >= 0.6 is 0 Å². The van der Waals surface area contributed by atoms with E-state index in [1.165, 1.54) is 13.5 Å². The lowest BCUT2D eigenvalue weighted by atomic mass is 10.00. The summed E-state index contributed by atoms with van der Waals surface area (Å²) in [4.78, 5) is 22.4. The second-order valence-corrected chi connectivity index (χ2v) is 5.31. The Labute approximate surface area is 119 Å². The molecule has 7 heteroatoms. The number of carbonyl (C=O) groups excluding carboxylic acids is 1. The maximum absolute atomic E-state index is 11.8. The van der Waals surface area contributed by atoms with Crippen molar-refractivity contribution >= 4 is 12.0 Å². The summed E-state index contributed by atoms with van der Waals surface area (Å²) < 4.78 is 5.01. The maximum atomic E-state index is 11.8. The summed E-state index contributed by atoms with van der Waals surface area (Å²) in [7, 11) is 1.43. The number of carbonyl (C=O) groups is 2. The maximum Gasteiger partial charge on any atom is 0.329 e. The molecule has 3 N–H and O–H groups in total. The van der Waals surface area contributed by atoms with Gasteiger partial charge in [-0.15, -0.1) is 0 Å². The Bertz CT molecular complexity index is 328. The summed E-state index contributed by atoms with van der Waals surface area (Å²) in [6.45, 7) is 4.34. The van der Waals surface area contributed by atoms with Gasteiger partial charge in [-0.25, -0.2) is 9.80 Å². The van der Waals surface area contributed by atoms with Crippen LogP contribution in [0.25, 0.3) is 0 Å². The minimum Gasteiger partial charge on any atom is -0.481 e. The van der Waals surface area contributed by atoms with Gasteiger partial charge >= 0.3 is 12.0 Å². The zero-order valence-corrected chi connectivity index (χ0v) is 12.4. The summed E-state index contributed by atoms with van der Waals surface area (Å²) in [6.07, 6.45) is 2.64. The first-order valence-corrected chi connectivity index (χ1v) is 7.01. The van der Waals surface area contributed by atoms with Gasteiger partial charge in [-0.05, 0) is 26.7 Å². The van der Waals surface area contributed by atoms with E-state index in [2.05, 4.69) is 24.6 Å². The minimum atomic E-state index is -0.947. The molecule has 116 valence electrons. The number of methoxy groups -OCH3 is 1. The molecule has 0 aromatic rings. The first-order valence-electron chi connectivity index (χ1n) is 7.01. The SMILES string of the molecule is COC(CNC(=O)NN1C(C)CCCC1C)CC(=O)O. The number of nitrogens with one attached hydrogen (secondary N) is 2. The van der Waals surface area contributed by atoms with Crippen LogP contribution < -0.4 is 10.7 Å². The van der Waals surface area contributed by atoms with Crippen LogP contribution in [0.5, 0.6) is 0 Å². The van der Waals surface area contributed by atoms with E-state index < -0.39 is 12.1 Å². The molecule has 1 aliphatic rings. The van der Waals surface area contributed by atoms with Gasteiger partial charge in [-0.1, -0.05) is 6.42 Å². The monoisotopic (exact) mass is 287 g/mol. The van der Waals surface area contributed by atoms with Gasteiger partial charge in [-0.3, -0.25) is 10.2 Å². The van der Waals surface area contributed by atoms with Gasteiger partial charge in [0.25, 0.3) is 0 Å². The van der Waals surface area contributed by atoms with Gasteiger partial charge in [0.05, 0.1) is 12.5 Å². The molecular formula is C13H25N3O4. The van der Waals surface area contributed by atoms with Crippen LogP contribution in [0.2, 0.25) is 0 Å². The van der Waals surface area contributed by atoms with Crippen LogP contribution in [-0.4, -0.2) is 54.0 Å². The van der Waals surface area contributed by atoms with Crippen molar-refractivity contribution in [2.45, 2.75) is 57.7 Å². The Balaban J connectivity index is 2.36. The van der Waals surface area contributed by atoms with Crippen LogP contribution in [0.1, 0.15) is 39.5 Å². The molecule has 1 fully saturated rings. The summed E-state index contributed by atoms with van der Waals surface area (Å²) >= 11 is 0. The number of piperidine rings is 1. The Morgan fingerprint density at radius 3 is 2.45 bits per heavy atom. The number of hydrogen-bond acceptors (Lipinski definition) is 4. The van der Waals surface area contributed by atoms with E-state index in [1.807, 2.05) is 5.01 Å². The summed E-state index contributed by atoms with van der Waals surface area (Å²) in [5, 5.41) is 13.3. The van der Waals surface area contributed by atoms with E-state index in [1.54, 1.807) is 0 Å². The number of urea groups is 1. The van der Waals surface area contributed by atoms with E-state index in [4.69, 9.17) is 9.84 Å². The Hall–Kier alpha value is -1.34. The lowest BCUT2D eigenvalue weighted by molar-refractivity contribution is -0.139. The fraction of sp³-hybridized carbons (Fsp3) is 0.846. The fourth-order valence-electron chi connectivity index (χ4n) is 2.44. The number of carboxylic acids is 1. The third-order valence-corrected chi connectivity index (χ3v) is 3.65. The number of nitrogens with zero attached hydrogens (tertiary/aromatic N) is 1. The molecule has 0 aromatic carbocycles. The first kappa shape index (κ1) is 16.7. The van der Waals surface area contributed by atoms with Crippen molar-refractivity contribution in [1.29, 1.82) is 0 Å². The summed E-state index contributed by atoms with van der Waals surface area (Å²) in [5.41, 5.74) is 2.83. The molecule has 20 heavy (non-hydrogen) atoms. The molecule has 0 aromatic heterocycles. The zero-order chi connectivity index (χ0) is 15.1. The second-order valence-electron chi connectivity index (χ2n) is 5.31. The normalized spacial score (nSPS) is 24.9. The van der Waals surface area contributed by atoms with Gasteiger partial charge < -0.3 is 15.2 Å². The van der Waals surface area contributed by atoms with Crippen molar-refractivity contribution in [2.75, 3.05) is 13.7 Å². The molecule has 1 heterocycles. The van der Waals surface area contributed by atoms with Crippen molar-refractivity contribution in [3.63, 3.8) is 0 Å². The molecule has 3 unspecified atom stereocenters. The van der Waals surface area contributed by atoms with Crippen molar-refractivity contribution in [3.8, 4) is 0 Å². The van der Waals surface area contributed by atoms with Gasteiger partial charge in [0, 0.05) is 25.7 Å². The predicted octanol–water partition coefficient (Wildman–Crippen LogP) is 0.953. The van der Waals surface area contributed by atoms with Crippen molar-refractivity contribution in [2.24, 2.45) is 0 Å². The minimum absolute atomic E-state index is 0.132. The van der Waals surface area contributed by atoms with Gasteiger partial charge in [0.2, 0.25) is 0 Å². The zero-order valence-electron chi connectivity index (χ0n) is 12.4. The molecule has 0 spiro atoms. The fourth-order valence-corrected chi connectivity index (χ4v) is 2.44. The second kappa shape index (κ2) is 8.06. The molecule has 1 saturated heterocycles. The first-order chi connectivity index (χ1) is 9.43. The van der Waals surface area contributed by atoms with E-state index in [0.29, 0.717) is 12.1 Å². The highest BCUT2D eigenvalue weighted by atomic mass is 16.5. The van der Waals surface area contributed by atoms with E-state index in [9.17, 15) is 9.59 Å².